The molecule has 2 N–H and O–H groups in total. The largest absolute Gasteiger partial charge is 0.497 e. The minimum atomic E-state index is -3.93. The number of fused-ring (bicyclic) bond motifs is 1. The minimum Gasteiger partial charge on any atom is -0.497 e. The van der Waals surface area contributed by atoms with Crippen LogP contribution in [-0.2, 0) is 70.2 Å². The molecular weight excluding hydrogens is 1010 g/mol. The van der Waals surface area contributed by atoms with Gasteiger partial charge in [0, 0.05) is 30.6 Å². The van der Waals surface area contributed by atoms with Crippen molar-refractivity contribution in [3.63, 3.8) is 0 Å². The molecule has 79 heavy (non-hydrogen) atoms. The Morgan fingerprint density at radius 3 is 1.94 bits per heavy atom. The molecule has 0 amide bonds. The number of hydrogen-bond donors (Lipinski definition) is 1. The summed E-state index contributed by atoms with van der Waals surface area (Å²) in [7, 11) is -2.26. The van der Waals surface area contributed by atoms with Gasteiger partial charge < -0.3 is 43.5 Å². The van der Waals surface area contributed by atoms with Crippen molar-refractivity contribution in [1.29, 1.82) is 0 Å². The predicted octanol–water partition coefficient (Wildman–Crippen LogP) is 10.5. The maximum absolute atomic E-state index is 14.2. The molecule has 5 atom stereocenters. The second-order valence-electron chi connectivity index (χ2n) is 19.5. The number of benzene rings is 6. The second kappa shape index (κ2) is 26.6. The topological polar surface area (TPSA) is 160 Å². The van der Waals surface area contributed by atoms with Crippen LogP contribution in [0.25, 0.3) is 10.9 Å². The van der Waals surface area contributed by atoms with Crippen LogP contribution in [0.15, 0.2) is 218 Å². The first-order chi connectivity index (χ1) is 38.9. The average Bonchev–Trinajstić information content (AvgIpc) is 4.31. The number of para-hydroxylation sites is 1. The number of hydrogen-bond acceptors (Lipinski definition) is 12. The van der Waals surface area contributed by atoms with Crippen molar-refractivity contribution in [2.45, 2.75) is 86.6 Å². The number of nitrogens with two attached hydrogens (primary N) is 1. The van der Waals surface area contributed by atoms with E-state index in [1.807, 2.05) is 128 Å². The third-order valence-corrected chi connectivity index (χ3v) is 16.1. The Bertz CT molecular complexity index is 3350. The molecule has 3 aromatic heterocycles. The number of unbranched alkanes of at least 4 members (excludes halogenated alkanes) is 2. The maximum atomic E-state index is 14.2. The molecule has 0 radical (unpaired) electrons. The van der Waals surface area contributed by atoms with Crippen LogP contribution in [-0.4, -0.2) is 91.1 Å². The summed E-state index contributed by atoms with van der Waals surface area (Å²) >= 11 is 0. The summed E-state index contributed by atoms with van der Waals surface area (Å²) in [4.78, 5) is 9.40. The van der Waals surface area contributed by atoms with Crippen molar-refractivity contribution in [3.05, 3.63) is 252 Å². The van der Waals surface area contributed by atoms with Crippen LogP contribution in [0.3, 0.4) is 0 Å². The van der Waals surface area contributed by atoms with Gasteiger partial charge in [0.05, 0.1) is 68.8 Å². The molecule has 1 aliphatic heterocycles. The smallest absolute Gasteiger partial charge is 0.268 e. The summed E-state index contributed by atoms with van der Waals surface area (Å²) < 4.78 is 79.3. The molecule has 4 heterocycles. The highest BCUT2D eigenvalue weighted by molar-refractivity contribution is 7.90. The first kappa shape index (κ1) is 55.0. The SMILES string of the molecule is COc1ccc(C(c2ccccc2)(c2ccccc2)n2cncc2CO[C@H]2[C@H](OCCc3cn(S(=O)(=O)c4ccccc4)c4ccccc34)O[C@H](COCCCCCN)[C@@H](OCc3cccnc3)[C@@H]2OCc2ccccc2)cc1. The summed E-state index contributed by atoms with van der Waals surface area (Å²) in [5.41, 5.74) is 11.8. The second-order valence-corrected chi connectivity index (χ2v) is 21.3. The zero-order valence-electron chi connectivity index (χ0n) is 44.3. The lowest BCUT2D eigenvalue weighted by atomic mass is 9.76. The normalized spacial score (nSPS) is 17.7. The van der Waals surface area contributed by atoms with Gasteiger partial charge in [0.2, 0.25) is 0 Å². The van der Waals surface area contributed by atoms with Gasteiger partial charge in [-0.05, 0) is 102 Å². The van der Waals surface area contributed by atoms with E-state index in [2.05, 4.69) is 45.9 Å². The van der Waals surface area contributed by atoms with E-state index in [1.54, 1.807) is 56.0 Å². The lowest BCUT2D eigenvalue weighted by Gasteiger charge is -2.46. The number of pyridine rings is 1. The summed E-state index contributed by atoms with van der Waals surface area (Å²) in [6, 6.07) is 58.7. The number of rotatable bonds is 27. The van der Waals surface area contributed by atoms with E-state index in [0.29, 0.717) is 25.1 Å². The third-order valence-electron chi connectivity index (χ3n) is 14.4. The Hall–Kier alpha value is -7.31. The Balaban J connectivity index is 1.04. The van der Waals surface area contributed by atoms with Gasteiger partial charge in [-0.1, -0.05) is 146 Å². The highest BCUT2D eigenvalue weighted by atomic mass is 32.2. The number of aromatic nitrogens is 4. The first-order valence-electron chi connectivity index (χ1n) is 26.9. The van der Waals surface area contributed by atoms with E-state index >= 15 is 0 Å². The van der Waals surface area contributed by atoms with Crippen LogP contribution in [0.2, 0.25) is 0 Å². The monoisotopic (exact) mass is 1080 g/mol. The molecule has 1 aliphatic rings. The van der Waals surface area contributed by atoms with Gasteiger partial charge in [0.15, 0.2) is 6.29 Å². The summed E-state index contributed by atoms with van der Waals surface area (Å²) in [5.74, 6) is 0.733. The van der Waals surface area contributed by atoms with Crippen LogP contribution in [0.1, 0.15) is 58.3 Å². The summed E-state index contributed by atoms with van der Waals surface area (Å²) in [6.45, 7) is 1.89. The highest BCUT2D eigenvalue weighted by Gasteiger charge is 2.50. The van der Waals surface area contributed by atoms with Crippen molar-refractivity contribution < 1.29 is 41.6 Å². The van der Waals surface area contributed by atoms with Gasteiger partial charge in [-0.2, -0.15) is 0 Å². The quantitative estimate of drug-likeness (QED) is 0.0384. The molecule has 1 fully saturated rings. The predicted molar refractivity (Wildman–Crippen MR) is 303 cm³/mol. The Morgan fingerprint density at radius 2 is 1.24 bits per heavy atom. The van der Waals surface area contributed by atoms with Crippen LogP contribution in [0, 0.1) is 0 Å². The zero-order valence-corrected chi connectivity index (χ0v) is 45.1. The van der Waals surface area contributed by atoms with Crippen molar-refractivity contribution in [2.24, 2.45) is 5.73 Å². The van der Waals surface area contributed by atoms with Crippen molar-refractivity contribution in [2.75, 3.05) is 33.5 Å². The fourth-order valence-corrected chi connectivity index (χ4v) is 11.9. The third kappa shape index (κ3) is 12.6. The number of imidazole rings is 1. The molecule has 0 bridgehead atoms. The standard InChI is InChI=1S/C64H67N5O9S/c1-72-55-33-31-53(32-34-55)64(51-23-9-3-10-24-51,52-25-11-4-12-26-52)68-47-67-41-54(68)45-77-62-61(76-43-48-20-7-2-8-21-48)60(75-44-49-22-19-37-66-40-49)59(46-73-38-18-6-17-36-65)78-63(62)74-39-35-50-42-69(58-30-16-15-29-57(50)58)79(70,71)56-27-13-5-14-28-56/h2-5,7-16,19-34,37,40-42,47,59-63H,6,17-18,35-36,38-39,43-46,65H2,1H3/t59-,60-,61+,62-,63-/m1/s1. The van der Waals surface area contributed by atoms with Gasteiger partial charge in [0.1, 0.15) is 35.7 Å². The molecule has 0 aliphatic carbocycles. The summed E-state index contributed by atoms with van der Waals surface area (Å²) in [6.07, 6.45) is 7.77. The van der Waals surface area contributed by atoms with E-state index in [9.17, 15) is 8.42 Å². The zero-order chi connectivity index (χ0) is 54.3. The van der Waals surface area contributed by atoms with Gasteiger partial charge in [-0.15, -0.1) is 0 Å². The van der Waals surface area contributed by atoms with Gasteiger partial charge in [-0.25, -0.2) is 17.4 Å². The molecule has 408 valence electrons. The van der Waals surface area contributed by atoms with E-state index in [4.69, 9.17) is 43.9 Å². The fourth-order valence-electron chi connectivity index (χ4n) is 10.5. The Kier molecular flexibility index (Phi) is 18.5. The molecular formula is C64H67N5O9S. The molecule has 9 aromatic rings. The molecule has 1 saturated heterocycles. The number of ether oxygens (including phenoxy) is 7. The van der Waals surface area contributed by atoms with E-state index in [1.165, 1.54) is 3.97 Å². The van der Waals surface area contributed by atoms with Crippen LogP contribution < -0.4 is 10.5 Å². The highest BCUT2D eigenvalue weighted by Crippen LogP contribution is 2.43. The minimum absolute atomic E-state index is 0.0408. The molecule has 0 spiro atoms. The van der Waals surface area contributed by atoms with Gasteiger partial charge in [-0.3, -0.25) is 4.98 Å². The molecule has 0 unspecified atom stereocenters. The molecule has 0 saturated carbocycles. The van der Waals surface area contributed by atoms with Crippen molar-refractivity contribution in [1.82, 2.24) is 18.5 Å². The van der Waals surface area contributed by atoms with Gasteiger partial charge >= 0.3 is 0 Å². The molecule has 10 rings (SSSR count). The lowest BCUT2D eigenvalue weighted by molar-refractivity contribution is -0.328. The molecule has 6 aromatic carbocycles. The van der Waals surface area contributed by atoms with Crippen LogP contribution in [0.5, 0.6) is 5.75 Å². The van der Waals surface area contributed by atoms with E-state index < -0.39 is 46.3 Å². The van der Waals surface area contributed by atoms with Crippen molar-refractivity contribution >= 4 is 20.9 Å². The Labute approximate surface area is 462 Å². The van der Waals surface area contributed by atoms with E-state index in [-0.39, 0.29) is 37.9 Å². The van der Waals surface area contributed by atoms with E-state index in [0.717, 1.165) is 69.5 Å². The summed E-state index contributed by atoms with van der Waals surface area (Å²) in [5, 5.41) is 0.794. The van der Waals surface area contributed by atoms with Crippen LogP contribution in [0.4, 0.5) is 0 Å². The molecule has 15 heteroatoms. The average molecular weight is 1080 g/mol. The molecule has 14 nitrogen and oxygen atoms in total. The number of methoxy groups -OCH3 is 1. The lowest BCUT2D eigenvalue weighted by Crippen LogP contribution is -2.62. The van der Waals surface area contributed by atoms with Crippen molar-refractivity contribution in [3.8, 4) is 5.75 Å². The fraction of sp³-hybridized carbons (Fsp3) is 0.281. The Morgan fingerprint density at radius 1 is 0.608 bits per heavy atom. The maximum Gasteiger partial charge on any atom is 0.268 e. The first-order valence-corrected chi connectivity index (χ1v) is 28.3. The van der Waals surface area contributed by atoms with Gasteiger partial charge in [0.25, 0.3) is 10.0 Å². The van der Waals surface area contributed by atoms with Crippen LogP contribution >= 0.6 is 0 Å². The number of nitrogens with zero attached hydrogens (tertiary/aromatic N) is 4.